The molecule has 6 heteroatoms. The van der Waals surface area contributed by atoms with E-state index in [9.17, 15) is 13.2 Å². The first-order valence-electron chi connectivity index (χ1n) is 6.03. The largest absolute Gasteiger partial charge is 0.327 e. The number of rotatable bonds is 1. The van der Waals surface area contributed by atoms with Crippen LogP contribution in [0.15, 0.2) is 30.3 Å². The van der Waals surface area contributed by atoms with Gasteiger partial charge in [0.25, 0.3) is 0 Å². The maximum absolute atomic E-state index is 13.9. The van der Waals surface area contributed by atoms with Crippen molar-refractivity contribution in [2.75, 3.05) is 0 Å². The van der Waals surface area contributed by atoms with E-state index in [1.165, 1.54) is 4.57 Å². The van der Waals surface area contributed by atoms with Crippen LogP contribution in [0.1, 0.15) is 5.56 Å². The van der Waals surface area contributed by atoms with Gasteiger partial charge < -0.3 is 4.57 Å². The summed E-state index contributed by atoms with van der Waals surface area (Å²) in [6, 6.07) is 8.80. The Balaban J connectivity index is 2.29. The average Bonchev–Trinajstić information content (AvgIpc) is 2.81. The molecule has 3 nitrogen and oxygen atoms in total. The van der Waals surface area contributed by atoms with Crippen molar-refractivity contribution < 1.29 is 13.2 Å². The molecule has 21 heavy (non-hydrogen) atoms. The normalized spacial score (nSPS) is 10.8. The van der Waals surface area contributed by atoms with E-state index in [0.717, 1.165) is 12.1 Å². The summed E-state index contributed by atoms with van der Waals surface area (Å²) >= 11 is 0. The lowest BCUT2D eigenvalue weighted by molar-refractivity contribution is 0.448. The van der Waals surface area contributed by atoms with Crippen molar-refractivity contribution in [2.45, 2.75) is 0 Å². The molecule has 0 bridgehead atoms. The molecule has 1 aromatic heterocycles. The number of nitrogens with zero attached hydrogens (tertiary/aromatic N) is 3. The molecule has 0 aliphatic heterocycles. The summed E-state index contributed by atoms with van der Waals surface area (Å²) in [5, 5.41) is 8.89. The van der Waals surface area contributed by atoms with Gasteiger partial charge in [-0.2, -0.15) is 5.26 Å². The van der Waals surface area contributed by atoms with Crippen LogP contribution in [0.4, 0.5) is 13.2 Å². The second-order valence-electron chi connectivity index (χ2n) is 4.53. The van der Waals surface area contributed by atoms with E-state index in [-0.39, 0.29) is 11.4 Å². The molecule has 0 atom stereocenters. The molecule has 104 valence electrons. The van der Waals surface area contributed by atoms with Crippen molar-refractivity contribution in [3.63, 3.8) is 0 Å². The van der Waals surface area contributed by atoms with Crippen LogP contribution in [0.2, 0.25) is 0 Å². The zero-order valence-corrected chi connectivity index (χ0v) is 10.9. The van der Waals surface area contributed by atoms with E-state index < -0.39 is 17.5 Å². The van der Waals surface area contributed by atoms with Gasteiger partial charge in [-0.3, -0.25) is 0 Å². The Morgan fingerprint density at radius 2 is 1.86 bits per heavy atom. The van der Waals surface area contributed by atoms with Gasteiger partial charge in [-0.05, 0) is 30.3 Å². The minimum Gasteiger partial charge on any atom is -0.327 e. The molecule has 0 fully saturated rings. The summed E-state index contributed by atoms with van der Waals surface area (Å²) in [6.07, 6.45) is 0. The molecule has 2 aromatic carbocycles. The second-order valence-corrected chi connectivity index (χ2v) is 4.53. The first kappa shape index (κ1) is 13.2. The summed E-state index contributed by atoms with van der Waals surface area (Å²) in [6.45, 7) is 0. The van der Waals surface area contributed by atoms with Crippen LogP contribution in [0.3, 0.4) is 0 Å². The van der Waals surface area contributed by atoms with E-state index in [4.69, 9.17) is 5.26 Å². The minimum atomic E-state index is -1.53. The van der Waals surface area contributed by atoms with Gasteiger partial charge in [0.2, 0.25) is 0 Å². The Kier molecular flexibility index (Phi) is 2.91. The predicted octanol–water partition coefficient (Wildman–Crippen LogP) is 3.53. The smallest absolute Gasteiger partial charge is 0.195 e. The highest BCUT2D eigenvalue weighted by Gasteiger charge is 2.19. The van der Waals surface area contributed by atoms with E-state index in [1.54, 1.807) is 25.2 Å². The van der Waals surface area contributed by atoms with Gasteiger partial charge in [0, 0.05) is 7.05 Å². The summed E-state index contributed by atoms with van der Waals surface area (Å²) in [5.41, 5.74) is 1.44. The molecule has 0 aliphatic carbocycles. The Bertz CT molecular complexity index is 907. The standard InChI is InChI=1S/C15H8F3N3/c1-21-12-6-8(7-19)2-5-11(12)20-15(21)9-3-4-10(16)14(18)13(9)17/h2-6H,1H3. The van der Waals surface area contributed by atoms with E-state index in [1.807, 2.05) is 6.07 Å². The predicted molar refractivity (Wildman–Crippen MR) is 70.7 cm³/mol. The van der Waals surface area contributed by atoms with Crippen molar-refractivity contribution in [1.82, 2.24) is 9.55 Å². The quantitative estimate of drug-likeness (QED) is 0.642. The Morgan fingerprint density at radius 1 is 1.10 bits per heavy atom. The molecule has 0 unspecified atom stereocenters. The molecule has 0 amide bonds. The van der Waals surface area contributed by atoms with Gasteiger partial charge in [0.1, 0.15) is 5.82 Å². The highest BCUT2D eigenvalue weighted by Crippen LogP contribution is 2.28. The highest BCUT2D eigenvalue weighted by atomic mass is 19.2. The Hall–Kier alpha value is -2.81. The molecule has 0 saturated carbocycles. The number of hydrogen-bond acceptors (Lipinski definition) is 2. The highest BCUT2D eigenvalue weighted by molar-refractivity contribution is 5.82. The van der Waals surface area contributed by atoms with Gasteiger partial charge in [0.15, 0.2) is 17.5 Å². The van der Waals surface area contributed by atoms with E-state index >= 15 is 0 Å². The van der Waals surface area contributed by atoms with Crippen molar-refractivity contribution >= 4 is 11.0 Å². The molecule has 0 saturated heterocycles. The summed E-state index contributed by atoms with van der Waals surface area (Å²) in [5.74, 6) is -3.90. The third kappa shape index (κ3) is 1.94. The first-order chi connectivity index (χ1) is 10.0. The molecule has 3 rings (SSSR count). The van der Waals surface area contributed by atoms with Crippen molar-refractivity contribution in [3.8, 4) is 17.5 Å². The van der Waals surface area contributed by atoms with Gasteiger partial charge in [0.05, 0.1) is 28.2 Å². The number of nitriles is 1. The fraction of sp³-hybridized carbons (Fsp3) is 0.0667. The van der Waals surface area contributed by atoms with Gasteiger partial charge in [-0.1, -0.05) is 0 Å². The Labute approximate surface area is 117 Å². The van der Waals surface area contributed by atoms with Crippen molar-refractivity contribution in [3.05, 3.63) is 53.3 Å². The lowest BCUT2D eigenvalue weighted by Crippen LogP contribution is -1.99. The van der Waals surface area contributed by atoms with Crippen LogP contribution in [0, 0.1) is 28.8 Å². The zero-order valence-electron chi connectivity index (χ0n) is 10.9. The number of imidazole rings is 1. The molecule has 0 N–H and O–H groups in total. The fourth-order valence-electron chi connectivity index (χ4n) is 2.20. The van der Waals surface area contributed by atoms with Crippen LogP contribution in [0.5, 0.6) is 0 Å². The third-order valence-electron chi connectivity index (χ3n) is 3.29. The summed E-state index contributed by atoms with van der Waals surface area (Å²) in [4.78, 5) is 4.21. The van der Waals surface area contributed by atoms with Gasteiger partial charge in [-0.25, -0.2) is 18.2 Å². The van der Waals surface area contributed by atoms with E-state index in [0.29, 0.717) is 16.6 Å². The number of fused-ring (bicyclic) bond motifs is 1. The fourth-order valence-corrected chi connectivity index (χ4v) is 2.20. The van der Waals surface area contributed by atoms with Crippen LogP contribution >= 0.6 is 0 Å². The number of aromatic nitrogens is 2. The number of aryl methyl sites for hydroxylation is 1. The number of benzene rings is 2. The molecule has 0 spiro atoms. The van der Waals surface area contributed by atoms with Crippen LogP contribution in [0.25, 0.3) is 22.4 Å². The molecular weight excluding hydrogens is 279 g/mol. The van der Waals surface area contributed by atoms with Gasteiger partial charge in [-0.15, -0.1) is 0 Å². The topological polar surface area (TPSA) is 41.6 Å². The van der Waals surface area contributed by atoms with Crippen LogP contribution in [-0.2, 0) is 7.05 Å². The van der Waals surface area contributed by atoms with Crippen LogP contribution < -0.4 is 0 Å². The third-order valence-corrected chi connectivity index (χ3v) is 3.29. The van der Waals surface area contributed by atoms with Gasteiger partial charge >= 0.3 is 0 Å². The van der Waals surface area contributed by atoms with Crippen molar-refractivity contribution in [1.29, 1.82) is 5.26 Å². The SMILES string of the molecule is Cn1c(-c2ccc(F)c(F)c2F)nc2ccc(C#N)cc21. The summed E-state index contributed by atoms with van der Waals surface area (Å²) in [7, 11) is 1.62. The van der Waals surface area contributed by atoms with Crippen LogP contribution in [-0.4, -0.2) is 9.55 Å². The minimum absolute atomic E-state index is 0.133. The monoisotopic (exact) mass is 287 g/mol. The zero-order chi connectivity index (χ0) is 15.1. The molecule has 0 radical (unpaired) electrons. The lowest BCUT2D eigenvalue weighted by atomic mass is 10.2. The summed E-state index contributed by atoms with van der Waals surface area (Å²) < 4.78 is 41.8. The number of halogens is 3. The average molecular weight is 287 g/mol. The van der Waals surface area contributed by atoms with Crippen molar-refractivity contribution in [2.24, 2.45) is 7.05 Å². The number of hydrogen-bond donors (Lipinski definition) is 0. The molecular formula is C15H8F3N3. The molecule has 3 aromatic rings. The lowest BCUT2D eigenvalue weighted by Gasteiger charge is -2.05. The maximum Gasteiger partial charge on any atom is 0.195 e. The van der Waals surface area contributed by atoms with E-state index in [2.05, 4.69) is 4.98 Å². The molecule has 1 heterocycles. The maximum atomic E-state index is 13.9. The molecule has 0 aliphatic rings. The second kappa shape index (κ2) is 4.63. The first-order valence-corrected chi connectivity index (χ1v) is 6.03. The Morgan fingerprint density at radius 3 is 2.57 bits per heavy atom.